The molecule has 0 fully saturated rings. The zero-order valence-electron chi connectivity index (χ0n) is 13.3. The minimum atomic E-state index is -0.502. The number of carbonyl (C=O) groups is 2. The summed E-state index contributed by atoms with van der Waals surface area (Å²) in [5.74, 6) is -0.334. The Morgan fingerprint density at radius 2 is 2.00 bits per heavy atom. The molecule has 5 nitrogen and oxygen atoms in total. The van der Waals surface area contributed by atoms with E-state index in [1.807, 2.05) is 0 Å². The summed E-state index contributed by atoms with van der Waals surface area (Å²) in [6.07, 6.45) is 5.85. The van der Waals surface area contributed by atoms with Crippen LogP contribution in [0.5, 0.6) is 0 Å². The van der Waals surface area contributed by atoms with Crippen molar-refractivity contribution in [2.45, 2.75) is 52.4 Å². The van der Waals surface area contributed by atoms with Crippen LogP contribution in [0.4, 0.5) is 9.80 Å². The molecule has 0 atom stereocenters. The summed E-state index contributed by atoms with van der Waals surface area (Å²) < 4.78 is 5.22. The van der Waals surface area contributed by atoms with Crippen molar-refractivity contribution in [2.24, 2.45) is 5.73 Å². The highest BCUT2D eigenvalue weighted by atomic mass is 32.1. The summed E-state index contributed by atoms with van der Waals surface area (Å²) in [5, 5.41) is 0.672. The Labute approximate surface area is 135 Å². The van der Waals surface area contributed by atoms with Crippen LogP contribution in [0, 0.1) is 0 Å². The molecule has 2 rings (SSSR count). The number of ether oxygens (including phenoxy) is 1. The van der Waals surface area contributed by atoms with Gasteiger partial charge in [0.1, 0.15) is 5.00 Å². The SMILES string of the molecule is CCCCN(C(N)=O)c1sc2c(c1C(=O)OCC)CCCC2. The van der Waals surface area contributed by atoms with Crippen LogP contribution in [0.3, 0.4) is 0 Å². The Kier molecular flexibility index (Phi) is 5.83. The van der Waals surface area contributed by atoms with Gasteiger partial charge in [0, 0.05) is 11.4 Å². The van der Waals surface area contributed by atoms with Crippen LogP contribution in [0.25, 0.3) is 0 Å². The number of esters is 1. The maximum Gasteiger partial charge on any atom is 0.341 e. The van der Waals surface area contributed by atoms with Gasteiger partial charge >= 0.3 is 12.0 Å². The number of hydrogen-bond acceptors (Lipinski definition) is 4. The van der Waals surface area contributed by atoms with Gasteiger partial charge in [-0.15, -0.1) is 11.3 Å². The van der Waals surface area contributed by atoms with Gasteiger partial charge in [-0.05, 0) is 44.6 Å². The molecule has 0 saturated heterocycles. The second kappa shape index (κ2) is 7.63. The first-order valence-electron chi connectivity index (χ1n) is 7.98. The number of anilines is 1. The molecule has 1 aromatic heterocycles. The van der Waals surface area contributed by atoms with Crippen LogP contribution in [-0.2, 0) is 17.6 Å². The highest BCUT2D eigenvalue weighted by Crippen LogP contribution is 2.40. The first-order valence-corrected chi connectivity index (χ1v) is 8.80. The molecule has 1 heterocycles. The van der Waals surface area contributed by atoms with Crippen molar-refractivity contribution in [3.05, 3.63) is 16.0 Å². The first-order chi connectivity index (χ1) is 10.6. The second-order valence-electron chi connectivity index (χ2n) is 5.45. The Morgan fingerprint density at radius 3 is 2.64 bits per heavy atom. The highest BCUT2D eigenvalue weighted by Gasteiger charge is 2.30. The van der Waals surface area contributed by atoms with Gasteiger partial charge in [-0.25, -0.2) is 9.59 Å². The number of hydrogen-bond donors (Lipinski definition) is 1. The predicted molar refractivity (Wildman–Crippen MR) is 88.8 cm³/mol. The Morgan fingerprint density at radius 1 is 1.27 bits per heavy atom. The zero-order chi connectivity index (χ0) is 16.1. The van der Waals surface area contributed by atoms with Gasteiger partial charge in [0.05, 0.1) is 12.2 Å². The minimum absolute atomic E-state index is 0.328. The van der Waals surface area contributed by atoms with Crippen LogP contribution in [0.15, 0.2) is 0 Å². The summed E-state index contributed by atoms with van der Waals surface area (Å²) in [5.41, 5.74) is 7.18. The molecule has 2 amide bonds. The van der Waals surface area contributed by atoms with Crippen LogP contribution in [0.2, 0.25) is 0 Å². The first kappa shape index (κ1) is 16.8. The molecule has 0 spiro atoms. The van der Waals surface area contributed by atoms with Gasteiger partial charge in [-0.1, -0.05) is 13.3 Å². The van der Waals surface area contributed by atoms with Gasteiger partial charge in [0.25, 0.3) is 0 Å². The number of primary amides is 1. The molecule has 0 saturated carbocycles. The summed E-state index contributed by atoms with van der Waals surface area (Å²) in [4.78, 5) is 27.0. The summed E-state index contributed by atoms with van der Waals surface area (Å²) in [7, 11) is 0. The molecule has 0 aromatic carbocycles. The maximum atomic E-state index is 12.4. The topological polar surface area (TPSA) is 72.6 Å². The number of aryl methyl sites for hydroxylation is 1. The number of rotatable bonds is 6. The number of amides is 2. The van der Waals surface area contributed by atoms with E-state index in [0.717, 1.165) is 44.1 Å². The van der Waals surface area contributed by atoms with E-state index in [0.29, 0.717) is 23.7 Å². The minimum Gasteiger partial charge on any atom is -0.462 e. The van der Waals surface area contributed by atoms with E-state index in [4.69, 9.17) is 10.5 Å². The molecule has 0 aliphatic heterocycles. The van der Waals surface area contributed by atoms with Crippen LogP contribution < -0.4 is 10.6 Å². The third-order valence-electron chi connectivity index (χ3n) is 3.88. The van der Waals surface area contributed by atoms with E-state index in [2.05, 4.69) is 6.92 Å². The number of urea groups is 1. The number of fused-ring (bicyclic) bond motifs is 1. The molecule has 6 heteroatoms. The van der Waals surface area contributed by atoms with Crippen molar-refractivity contribution < 1.29 is 14.3 Å². The second-order valence-corrected chi connectivity index (χ2v) is 6.54. The van der Waals surface area contributed by atoms with Crippen molar-refractivity contribution in [1.29, 1.82) is 0 Å². The highest BCUT2D eigenvalue weighted by molar-refractivity contribution is 7.17. The summed E-state index contributed by atoms with van der Waals surface area (Å²) >= 11 is 1.53. The fraction of sp³-hybridized carbons (Fsp3) is 0.625. The molecule has 1 aromatic rings. The zero-order valence-corrected chi connectivity index (χ0v) is 14.1. The molecular weight excluding hydrogens is 300 g/mol. The van der Waals surface area contributed by atoms with E-state index >= 15 is 0 Å². The van der Waals surface area contributed by atoms with Crippen molar-refractivity contribution >= 4 is 28.3 Å². The van der Waals surface area contributed by atoms with E-state index in [9.17, 15) is 9.59 Å². The summed E-state index contributed by atoms with van der Waals surface area (Å²) in [6.45, 7) is 4.72. The number of unbranched alkanes of at least 4 members (excludes halogenated alkanes) is 1. The molecule has 0 unspecified atom stereocenters. The molecule has 122 valence electrons. The molecule has 2 N–H and O–H groups in total. The van der Waals surface area contributed by atoms with Crippen LogP contribution in [-0.4, -0.2) is 25.2 Å². The normalized spacial score (nSPS) is 13.5. The van der Waals surface area contributed by atoms with Crippen LogP contribution in [0.1, 0.15) is 60.3 Å². The molecule has 0 radical (unpaired) electrons. The van der Waals surface area contributed by atoms with Crippen molar-refractivity contribution in [2.75, 3.05) is 18.1 Å². The maximum absolute atomic E-state index is 12.4. The lowest BCUT2D eigenvalue weighted by atomic mass is 9.95. The summed E-state index contributed by atoms with van der Waals surface area (Å²) in [6, 6.07) is -0.502. The van der Waals surface area contributed by atoms with Crippen molar-refractivity contribution in [3.8, 4) is 0 Å². The lowest BCUT2D eigenvalue weighted by molar-refractivity contribution is 0.0526. The number of nitrogens with two attached hydrogens (primary N) is 1. The van der Waals surface area contributed by atoms with Gasteiger partial charge in [-0.2, -0.15) is 0 Å². The van der Waals surface area contributed by atoms with Crippen LogP contribution >= 0.6 is 11.3 Å². The Bertz CT molecular complexity index is 554. The number of thiophene rings is 1. The smallest absolute Gasteiger partial charge is 0.341 e. The van der Waals surface area contributed by atoms with Crippen molar-refractivity contribution in [3.63, 3.8) is 0 Å². The van der Waals surface area contributed by atoms with Gasteiger partial charge in [0.2, 0.25) is 0 Å². The average Bonchev–Trinajstić information content (AvgIpc) is 2.86. The van der Waals surface area contributed by atoms with E-state index in [-0.39, 0.29) is 5.97 Å². The fourth-order valence-electron chi connectivity index (χ4n) is 2.78. The van der Waals surface area contributed by atoms with Gasteiger partial charge in [0.15, 0.2) is 0 Å². The third kappa shape index (κ3) is 3.43. The average molecular weight is 324 g/mol. The molecule has 1 aliphatic rings. The quantitative estimate of drug-likeness (QED) is 0.814. The fourth-order valence-corrected chi connectivity index (χ4v) is 4.19. The van der Waals surface area contributed by atoms with Gasteiger partial charge < -0.3 is 10.5 Å². The van der Waals surface area contributed by atoms with Gasteiger partial charge in [-0.3, -0.25) is 4.90 Å². The Balaban J connectivity index is 2.45. The standard InChI is InChI=1S/C16H24N2O3S/c1-3-5-10-18(16(17)20)14-13(15(19)21-4-2)11-8-6-7-9-12(11)22-14/h3-10H2,1-2H3,(H2,17,20). The van der Waals surface area contributed by atoms with E-state index < -0.39 is 6.03 Å². The lowest BCUT2D eigenvalue weighted by Gasteiger charge is -2.20. The number of nitrogens with zero attached hydrogens (tertiary/aromatic N) is 1. The van der Waals surface area contributed by atoms with Crippen molar-refractivity contribution in [1.82, 2.24) is 0 Å². The van der Waals surface area contributed by atoms with E-state index in [1.165, 1.54) is 16.2 Å². The largest absolute Gasteiger partial charge is 0.462 e. The number of carbonyl (C=O) groups excluding carboxylic acids is 2. The third-order valence-corrected chi connectivity index (χ3v) is 5.19. The predicted octanol–water partition coefficient (Wildman–Crippen LogP) is 3.49. The molecular formula is C16H24N2O3S. The van der Waals surface area contributed by atoms with E-state index in [1.54, 1.807) is 11.8 Å². The lowest BCUT2D eigenvalue weighted by Crippen LogP contribution is -2.37. The molecule has 22 heavy (non-hydrogen) atoms. The monoisotopic (exact) mass is 324 g/mol. The Hall–Kier alpha value is -1.56. The molecule has 0 bridgehead atoms. The molecule has 1 aliphatic carbocycles.